The molecule has 0 saturated carbocycles. The minimum absolute atomic E-state index is 0.122. The highest BCUT2D eigenvalue weighted by Gasteiger charge is 2.17. The molecule has 4 rings (SSSR count). The standard InChI is InChI=1S/C25H18O7/c1-29-24(27)18-5-2-16(3-6-18)4-12-21(26)17-7-10-20(11-8-17)32-25(28)19-9-13-22-23(14-19)31-15-30-22/h2-14H,15H2,1H3/b12-4+. The van der Waals surface area contributed by atoms with Crippen LogP contribution in [0.2, 0.25) is 0 Å². The number of benzene rings is 3. The average molecular weight is 430 g/mol. The van der Waals surface area contributed by atoms with E-state index in [1.165, 1.54) is 13.2 Å². The Morgan fingerprint density at radius 1 is 0.781 bits per heavy atom. The third kappa shape index (κ3) is 4.67. The molecule has 0 aliphatic carbocycles. The summed E-state index contributed by atoms with van der Waals surface area (Å²) in [4.78, 5) is 36.2. The summed E-state index contributed by atoms with van der Waals surface area (Å²) in [6.07, 6.45) is 3.08. The lowest BCUT2D eigenvalue weighted by Crippen LogP contribution is -2.08. The second-order valence-electron chi connectivity index (χ2n) is 6.79. The zero-order valence-electron chi connectivity index (χ0n) is 17.1. The van der Waals surface area contributed by atoms with Crippen molar-refractivity contribution in [2.75, 3.05) is 13.9 Å². The smallest absolute Gasteiger partial charge is 0.343 e. The lowest BCUT2D eigenvalue weighted by molar-refractivity contribution is 0.0600. The van der Waals surface area contributed by atoms with Crippen LogP contribution in [0.4, 0.5) is 0 Å². The number of methoxy groups -OCH3 is 1. The maximum absolute atomic E-state index is 12.4. The van der Waals surface area contributed by atoms with Crippen LogP contribution in [0, 0.1) is 0 Å². The Balaban J connectivity index is 1.37. The first-order valence-corrected chi connectivity index (χ1v) is 9.66. The van der Waals surface area contributed by atoms with Crippen LogP contribution in [0.3, 0.4) is 0 Å². The maximum atomic E-state index is 12.4. The Morgan fingerprint density at radius 2 is 1.44 bits per heavy atom. The summed E-state index contributed by atoms with van der Waals surface area (Å²) in [6.45, 7) is 0.122. The summed E-state index contributed by atoms with van der Waals surface area (Å²) >= 11 is 0. The Hall–Kier alpha value is -4.39. The van der Waals surface area contributed by atoms with Gasteiger partial charge >= 0.3 is 11.9 Å². The van der Waals surface area contributed by atoms with Crippen molar-refractivity contribution in [2.45, 2.75) is 0 Å². The van der Waals surface area contributed by atoms with Crippen molar-refractivity contribution in [3.05, 3.63) is 95.1 Å². The van der Waals surface area contributed by atoms with Crippen LogP contribution in [0.15, 0.2) is 72.8 Å². The Labute approximate surface area is 183 Å². The lowest BCUT2D eigenvalue weighted by Gasteiger charge is -2.06. The number of hydrogen-bond donors (Lipinski definition) is 0. The minimum Gasteiger partial charge on any atom is -0.465 e. The van der Waals surface area contributed by atoms with Crippen LogP contribution in [-0.2, 0) is 4.74 Å². The molecule has 0 bridgehead atoms. The van der Waals surface area contributed by atoms with Crippen molar-refractivity contribution >= 4 is 23.8 Å². The van der Waals surface area contributed by atoms with Crippen LogP contribution >= 0.6 is 0 Å². The van der Waals surface area contributed by atoms with Crippen molar-refractivity contribution in [1.82, 2.24) is 0 Å². The number of ether oxygens (including phenoxy) is 4. The predicted octanol–water partition coefficient (Wildman–Crippen LogP) is 4.32. The molecule has 160 valence electrons. The minimum atomic E-state index is -0.544. The van der Waals surface area contributed by atoms with E-state index in [1.807, 2.05) is 0 Å². The van der Waals surface area contributed by atoms with Gasteiger partial charge in [-0.1, -0.05) is 18.2 Å². The number of carbonyl (C=O) groups excluding carboxylic acids is 3. The summed E-state index contributed by atoms with van der Waals surface area (Å²) in [5.41, 5.74) is 1.97. The highest BCUT2D eigenvalue weighted by Crippen LogP contribution is 2.32. The van der Waals surface area contributed by atoms with Crippen molar-refractivity contribution in [2.24, 2.45) is 0 Å². The average Bonchev–Trinajstić information content (AvgIpc) is 3.31. The monoisotopic (exact) mass is 430 g/mol. The van der Waals surface area contributed by atoms with E-state index in [1.54, 1.807) is 72.8 Å². The summed E-state index contributed by atoms with van der Waals surface area (Å²) in [6, 6.07) is 17.7. The number of esters is 2. The van der Waals surface area contributed by atoms with Crippen LogP contribution in [0.1, 0.15) is 36.6 Å². The van der Waals surface area contributed by atoms with E-state index in [0.717, 1.165) is 5.56 Å². The summed E-state index contributed by atoms with van der Waals surface area (Å²) in [5, 5.41) is 0. The van der Waals surface area contributed by atoms with E-state index in [4.69, 9.17) is 14.2 Å². The van der Waals surface area contributed by atoms with E-state index < -0.39 is 11.9 Å². The molecule has 0 aromatic heterocycles. The van der Waals surface area contributed by atoms with Crippen molar-refractivity contribution < 1.29 is 33.3 Å². The normalized spacial score (nSPS) is 11.9. The second kappa shape index (κ2) is 9.18. The van der Waals surface area contributed by atoms with E-state index in [0.29, 0.717) is 33.9 Å². The molecule has 32 heavy (non-hydrogen) atoms. The molecular formula is C25H18O7. The topological polar surface area (TPSA) is 88.1 Å². The van der Waals surface area contributed by atoms with Gasteiger partial charge in [-0.2, -0.15) is 0 Å². The fourth-order valence-electron chi connectivity index (χ4n) is 2.99. The molecule has 0 radical (unpaired) electrons. The first-order chi connectivity index (χ1) is 15.5. The Kier molecular flexibility index (Phi) is 5.98. The van der Waals surface area contributed by atoms with E-state index in [-0.39, 0.29) is 12.6 Å². The van der Waals surface area contributed by atoms with Gasteiger partial charge in [-0.25, -0.2) is 9.59 Å². The predicted molar refractivity (Wildman–Crippen MR) is 115 cm³/mol. The van der Waals surface area contributed by atoms with Gasteiger partial charge in [-0.3, -0.25) is 4.79 Å². The van der Waals surface area contributed by atoms with Gasteiger partial charge in [0, 0.05) is 5.56 Å². The largest absolute Gasteiger partial charge is 0.465 e. The molecule has 0 spiro atoms. The third-order valence-electron chi connectivity index (χ3n) is 4.72. The molecule has 0 atom stereocenters. The number of ketones is 1. The molecule has 0 fully saturated rings. The Bertz CT molecular complexity index is 1190. The summed E-state index contributed by atoms with van der Waals surface area (Å²) < 4.78 is 20.5. The SMILES string of the molecule is COC(=O)c1ccc(/C=C/C(=O)c2ccc(OC(=O)c3ccc4c(c3)OCO4)cc2)cc1. The molecule has 7 nitrogen and oxygen atoms in total. The molecule has 0 unspecified atom stereocenters. The lowest BCUT2D eigenvalue weighted by atomic mass is 10.1. The van der Waals surface area contributed by atoms with Gasteiger partial charge in [0.25, 0.3) is 0 Å². The van der Waals surface area contributed by atoms with Gasteiger partial charge in [-0.05, 0) is 66.2 Å². The van der Waals surface area contributed by atoms with Crippen LogP contribution < -0.4 is 14.2 Å². The summed E-state index contributed by atoms with van der Waals surface area (Å²) in [7, 11) is 1.32. The molecule has 0 N–H and O–H groups in total. The van der Waals surface area contributed by atoms with Gasteiger partial charge in [0.1, 0.15) is 5.75 Å². The summed E-state index contributed by atoms with van der Waals surface area (Å²) in [5.74, 6) is 0.208. The van der Waals surface area contributed by atoms with Gasteiger partial charge in [0.2, 0.25) is 6.79 Å². The molecule has 0 saturated heterocycles. The van der Waals surface area contributed by atoms with Crippen molar-refractivity contribution in [3.63, 3.8) is 0 Å². The van der Waals surface area contributed by atoms with Gasteiger partial charge in [0.05, 0.1) is 18.2 Å². The van der Waals surface area contributed by atoms with Crippen molar-refractivity contribution in [1.29, 1.82) is 0 Å². The Morgan fingerprint density at radius 3 is 2.16 bits per heavy atom. The highest BCUT2D eigenvalue weighted by molar-refractivity contribution is 6.07. The second-order valence-corrected chi connectivity index (χ2v) is 6.79. The molecule has 1 aliphatic rings. The first kappa shape index (κ1) is 20.9. The van der Waals surface area contributed by atoms with Crippen LogP contribution in [0.5, 0.6) is 17.2 Å². The molecule has 7 heteroatoms. The first-order valence-electron chi connectivity index (χ1n) is 9.66. The van der Waals surface area contributed by atoms with E-state index in [9.17, 15) is 14.4 Å². The van der Waals surface area contributed by atoms with Gasteiger partial charge in [-0.15, -0.1) is 0 Å². The van der Waals surface area contributed by atoms with Crippen molar-refractivity contribution in [3.8, 4) is 17.2 Å². The zero-order chi connectivity index (χ0) is 22.5. The number of fused-ring (bicyclic) bond motifs is 1. The number of rotatable bonds is 6. The molecule has 0 amide bonds. The fraction of sp³-hybridized carbons (Fsp3) is 0.0800. The fourth-order valence-corrected chi connectivity index (χ4v) is 2.99. The number of allylic oxidation sites excluding steroid dienone is 1. The number of carbonyl (C=O) groups is 3. The van der Waals surface area contributed by atoms with Crippen LogP contribution in [0.25, 0.3) is 6.08 Å². The molecule has 3 aromatic carbocycles. The quantitative estimate of drug-likeness (QED) is 0.249. The van der Waals surface area contributed by atoms with E-state index in [2.05, 4.69) is 4.74 Å². The van der Waals surface area contributed by atoms with Crippen LogP contribution in [-0.4, -0.2) is 31.6 Å². The highest BCUT2D eigenvalue weighted by atomic mass is 16.7. The maximum Gasteiger partial charge on any atom is 0.343 e. The molecule has 3 aromatic rings. The van der Waals surface area contributed by atoms with Gasteiger partial charge in [0.15, 0.2) is 17.3 Å². The van der Waals surface area contributed by atoms with E-state index >= 15 is 0 Å². The van der Waals surface area contributed by atoms with Gasteiger partial charge < -0.3 is 18.9 Å². The molecule has 1 aliphatic heterocycles. The number of hydrogen-bond acceptors (Lipinski definition) is 7. The zero-order valence-corrected chi connectivity index (χ0v) is 17.1. The third-order valence-corrected chi connectivity index (χ3v) is 4.72. The molecular weight excluding hydrogens is 412 g/mol. The molecule has 1 heterocycles.